The summed E-state index contributed by atoms with van der Waals surface area (Å²) in [5.41, 5.74) is 16.2. The lowest BCUT2D eigenvalue weighted by Gasteiger charge is -2.16. The minimum absolute atomic E-state index is 0.182. The van der Waals surface area contributed by atoms with Gasteiger partial charge in [0.05, 0.1) is 6.04 Å². The van der Waals surface area contributed by atoms with Gasteiger partial charge in [0, 0.05) is 26.7 Å². The molecule has 0 aliphatic carbocycles. The van der Waals surface area contributed by atoms with E-state index in [0.29, 0.717) is 19.5 Å². The van der Waals surface area contributed by atoms with Gasteiger partial charge in [0.2, 0.25) is 5.91 Å². The molecule has 9 N–H and O–H groups in total. The molecule has 1 aromatic carbocycles. The molecule has 0 saturated carbocycles. The van der Waals surface area contributed by atoms with E-state index in [2.05, 4.69) is 10.3 Å². The molecule has 0 aliphatic rings. The van der Waals surface area contributed by atoms with E-state index in [1.54, 1.807) is 24.3 Å². The number of guanidine groups is 1. The standard InChI is InChI=1S/C12H19N3O3.C4H11N3/c1-15(18)7-6-14-11(12(13)17)8-9-2-4-10(16)5-3-9;1-2-3-7-4(5)6/h2-5,11,14,16,18H,6-8H2,1H3,(H2,13,17);2-3H2,1H3,(H4,5,6,7). The first kappa shape index (κ1) is 22.6. The fraction of sp³-hybridized carbons (Fsp3) is 0.500. The highest BCUT2D eigenvalue weighted by molar-refractivity contribution is 5.80. The highest BCUT2D eigenvalue weighted by Gasteiger charge is 2.15. The number of aromatic hydroxyl groups is 1. The Balaban J connectivity index is 0.000000697. The monoisotopic (exact) mass is 354 g/mol. The van der Waals surface area contributed by atoms with Gasteiger partial charge in [0.15, 0.2) is 5.96 Å². The van der Waals surface area contributed by atoms with Gasteiger partial charge in [0.25, 0.3) is 0 Å². The van der Waals surface area contributed by atoms with E-state index in [1.165, 1.54) is 7.05 Å². The lowest BCUT2D eigenvalue weighted by Crippen LogP contribution is -2.45. The molecule has 0 bridgehead atoms. The zero-order valence-corrected chi connectivity index (χ0v) is 14.9. The van der Waals surface area contributed by atoms with Gasteiger partial charge in [-0.15, -0.1) is 0 Å². The molecule has 1 atom stereocenters. The number of nitrogens with one attached hydrogen (secondary N) is 1. The number of nitrogens with zero attached hydrogens (tertiary/aromatic N) is 2. The van der Waals surface area contributed by atoms with Crippen molar-refractivity contribution >= 4 is 11.9 Å². The Kier molecular flexibility index (Phi) is 11.8. The molecule has 9 heteroatoms. The number of benzene rings is 1. The van der Waals surface area contributed by atoms with Crippen molar-refractivity contribution in [3.05, 3.63) is 29.8 Å². The van der Waals surface area contributed by atoms with E-state index in [0.717, 1.165) is 23.6 Å². The molecule has 0 fully saturated rings. The first-order chi connectivity index (χ1) is 11.8. The number of hydroxylamine groups is 2. The molecule has 25 heavy (non-hydrogen) atoms. The Morgan fingerprint density at radius 3 is 2.28 bits per heavy atom. The fourth-order valence-electron chi connectivity index (χ4n) is 1.78. The summed E-state index contributed by atoms with van der Waals surface area (Å²) in [5, 5.41) is 22.1. The number of aliphatic imine (C=N–C) groups is 1. The largest absolute Gasteiger partial charge is 0.508 e. The number of carbonyl (C=O) groups is 1. The summed E-state index contributed by atoms with van der Waals surface area (Å²) in [4.78, 5) is 15.0. The van der Waals surface area contributed by atoms with Gasteiger partial charge < -0.3 is 32.8 Å². The molecular formula is C16H30N6O3. The molecule has 1 rings (SSSR count). The molecule has 1 unspecified atom stereocenters. The van der Waals surface area contributed by atoms with E-state index < -0.39 is 11.9 Å². The summed E-state index contributed by atoms with van der Waals surface area (Å²) in [5.74, 6) is -0.0743. The van der Waals surface area contributed by atoms with Crippen molar-refractivity contribution in [3.63, 3.8) is 0 Å². The Morgan fingerprint density at radius 2 is 1.88 bits per heavy atom. The van der Waals surface area contributed by atoms with Gasteiger partial charge >= 0.3 is 0 Å². The van der Waals surface area contributed by atoms with Crippen LogP contribution in [0.4, 0.5) is 0 Å². The quantitative estimate of drug-likeness (QED) is 0.195. The van der Waals surface area contributed by atoms with Crippen LogP contribution in [0.2, 0.25) is 0 Å². The predicted octanol–water partition coefficient (Wildman–Crippen LogP) is -0.631. The second-order valence-electron chi connectivity index (χ2n) is 5.47. The maximum atomic E-state index is 11.3. The highest BCUT2D eigenvalue weighted by Crippen LogP contribution is 2.11. The number of hydrogen-bond acceptors (Lipinski definition) is 6. The molecule has 1 amide bonds. The number of hydrogen-bond donors (Lipinski definition) is 6. The number of likely N-dealkylation sites (N-methyl/N-ethyl adjacent to an activating group) is 1. The molecule has 142 valence electrons. The molecule has 0 aliphatic heterocycles. The van der Waals surface area contributed by atoms with Gasteiger partial charge in [0.1, 0.15) is 5.75 Å². The van der Waals surface area contributed by atoms with Gasteiger partial charge in [-0.2, -0.15) is 5.06 Å². The van der Waals surface area contributed by atoms with Crippen LogP contribution in [0.5, 0.6) is 5.75 Å². The minimum atomic E-state index is -0.491. The smallest absolute Gasteiger partial charge is 0.234 e. The predicted molar refractivity (Wildman–Crippen MR) is 98.2 cm³/mol. The van der Waals surface area contributed by atoms with Crippen LogP contribution in [0.25, 0.3) is 0 Å². The number of rotatable bonds is 9. The second kappa shape index (κ2) is 13.0. The third-order valence-electron chi connectivity index (χ3n) is 3.06. The topological polar surface area (TPSA) is 163 Å². The first-order valence-electron chi connectivity index (χ1n) is 8.02. The minimum Gasteiger partial charge on any atom is -0.508 e. The molecule has 9 nitrogen and oxygen atoms in total. The van der Waals surface area contributed by atoms with Crippen LogP contribution in [-0.4, -0.2) is 60.0 Å². The van der Waals surface area contributed by atoms with Crippen molar-refractivity contribution in [2.24, 2.45) is 22.2 Å². The van der Waals surface area contributed by atoms with Crippen LogP contribution < -0.4 is 22.5 Å². The first-order valence-corrected chi connectivity index (χ1v) is 8.02. The van der Waals surface area contributed by atoms with Crippen LogP contribution in [0.3, 0.4) is 0 Å². The summed E-state index contributed by atoms with van der Waals surface area (Å²) < 4.78 is 0. The third-order valence-corrected chi connectivity index (χ3v) is 3.06. The van der Waals surface area contributed by atoms with Crippen LogP contribution in [0.1, 0.15) is 18.9 Å². The zero-order chi connectivity index (χ0) is 19.2. The molecular weight excluding hydrogens is 324 g/mol. The zero-order valence-electron chi connectivity index (χ0n) is 14.9. The Morgan fingerprint density at radius 1 is 1.28 bits per heavy atom. The summed E-state index contributed by atoms with van der Waals surface area (Å²) in [7, 11) is 1.53. The third kappa shape index (κ3) is 12.7. The number of amides is 1. The molecule has 0 heterocycles. The van der Waals surface area contributed by atoms with Gasteiger partial charge in [-0.1, -0.05) is 19.1 Å². The van der Waals surface area contributed by atoms with E-state index in [4.69, 9.17) is 27.5 Å². The maximum absolute atomic E-state index is 11.3. The van der Waals surface area contributed by atoms with Crippen molar-refractivity contribution < 1.29 is 15.1 Å². The van der Waals surface area contributed by atoms with Crippen molar-refractivity contribution in [3.8, 4) is 5.75 Å². The average molecular weight is 354 g/mol. The van der Waals surface area contributed by atoms with Gasteiger partial charge in [-0.25, -0.2) is 0 Å². The van der Waals surface area contributed by atoms with Crippen LogP contribution in [-0.2, 0) is 11.2 Å². The summed E-state index contributed by atoms with van der Waals surface area (Å²) >= 11 is 0. The lowest BCUT2D eigenvalue weighted by atomic mass is 10.1. The van der Waals surface area contributed by atoms with E-state index in [-0.39, 0.29) is 11.7 Å². The van der Waals surface area contributed by atoms with Crippen LogP contribution in [0.15, 0.2) is 29.3 Å². The van der Waals surface area contributed by atoms with Crippen molar-refractivity contribution in [1.82, 2.24) is 10.4 Å². The number of phenols is 1. The maximum Gasteiger partial charge on any atom is 0.234 e. The Bertz CT molecular complexity index is 515. The van der Waals surface area contributed by atoms with Crippen LogP contribution in [0, 0.1) is 0 Å². The SMILES string of the molecule is CCCN=C(N)N.CN(O)CCNC(Cc1ccc(O)cc1)C(N)=O. The van der Waals surface area contributed by atoms with Gasteiger partial charge in [-0.05, 0) is 30.5 Å². The molecule has 0 spiro atoms. The van der Waals surface area contributed by atoms with Crippen molar-refractivity contribution in [1.29, 1.82) is 0 Å². The van der Waals surface area contributed by atoms with E-state index in [9.17, 15) is 4.79 Å². The fourth-order valence-corrected chi connectivity index (χ4v) is 1.78. The molecule has 0 aromatic heterocycles. The summed E-state index contributed by atoms with van der Waals surface area (Å²) in [6, 6.07) is 6.12. The number of primary amides is 1. The number of carbonyl (C=O) groups excluding carboxylic acids is 1. The van der Waals surface area contributed by atoms with Gasteiger partial charge in [-0.3, -0.25) is 9.79 Å². The average Bonchev–Trinajstić information content (AvgIpc) is 2.54. The summed E-state index contributed by atoms with van der Waals surface area (Å²) in [6.45, 7) is 3.62. The van der Waals surface area contributed by atoms with E-state index in [1.807, 2.05) is 6.92 Å². The molecule has 0 radical (unpaired) electrons. The second-order valence-corrected chi connectivity index (χ2v) is 5.47. The molecule has 0 saturated heterocycles. The number of phenolic OH excluding ortho intramolecular Hbond substituents is 1. The van der Waals surface area contributed by atoms with Crippen LogP contribution >= 0.6 is 0 Å². The molecule has 1 aromatic rings. The van der Waals surface area contributed by atoms with Crippen molar-refractivity contribution in [2.75, 3.05) is 26.7 Å². The summed E-state index contributed by atoms with van der Waals surface area (Å²) in [6.07, 6.45) is 1.45. The lowest BCUT2D eigenvalue weighted by molar-refractivity contribution is -0.120. The van der Waals surface area contributed by atoms with Crippen molar-refractivity contribution in [2.45, 2.75) is 25.8 Å². The Hall–Kier alpha value is -2.36. The highest BCUT2D eigenvalue weighted by atomic mass is 16.5. The number of nitrogens with two attached hydrogens (primary N) is 3. The Labute approximate surface area is 148 Å². The van der Waals surface area contributed by atoms with E-state index >= 15 is 0 Å². The normalized spacial score (nSPS) is 11.4.